The summed E-state index contributed by atoms with van der Waals surface area (Å²) in [4.78, 5) is 20.0. The van der Waals surface area contributed by atoms with Crippen LogP contribution in [0.2, 0.25) is 0 Å². The van der Waals surface area contributed by atoms with Gasteiger partial charge in [0.25, 0.3) is 0 Å². The van der Waals surface area contributed by atoms with E-state index >= 15 is 0 Å². The van der Waals surface area contributed by atoms with Gasteiger partial charge >= 0.3 is 0 Å². The molecule has 0 aliphatic carbocycles. The van der Waals surface area contributed by atoms with Crippen LogP contribution in [0, 0.1) is 0 Å². The van der Waals surface area contributed by atoms with Crippen LogP contribution in [0.15, 0.2) is 36.7 Å². The summed E-state index contributed by atoms with van der Waals surface area (Å²) in [6, 6.07) is 7.17. The topological polar surface area (TPSA) is 104 Å². The van der Waals surface area contributed by atoms with Crippen molar-refractivity contribution < 1.29 is 13.2 Å². The highest BCUT2D eigenvalue weighted by atomic mass is 35.5. The van der Waals surface area contributed by atoms with Crippen LogP contribution in [0.25, 0.3) is 11.4 Å². The fourth-order valence-corrected chi connectivity index (χ4v) is 4.34. The van der Waals surface area contributed by atoms with Gasteiger partial charge in [0.1, 0.15) is 5.82 Å². The molecular formula is C16H22Cl2N4O3S. The summed E-state index contributed by atoms with van der Waals surface area (Å²) in [5, 5.41) is 5.87. The first-order valence-corrected chi connectivity index (χ1v) is 9.63. The second kappa shape index (κ2) is 8.85. The third-order valence-corrected chi connectivity index (χ3v) is 6.44. The Kier molecular flexibility index (Phi) is 7.64. The van der Waals surface area contributed by atoms with E-state index in [9.17, 15) is 13.2 Å². The zero-order chi connectivity index (χ0) is 17.2. The molecule has 10 heteroatoms. The molecule has 0 saturated carbocycles. The summed E-state index contributed by atoms with van der Waals surface area (Å²) in [5.41, 5.74) is 1.37. The highest BCUT2D eigenvalue weighted by molar-refractivity contribution is 7.92. The molecular weight excluding hydrogens is 399 g/mol. The SMILES string of the molecule is CS(=O)(=O)C1(C(=O)Nc2cccc(-c3ncc[nH]3)c2)CCNCC1.Cl.Cl. The predicted octanol–water partition coefficient (Wildman–Crippen LogP) is 2.03. The molecule has 0 atom stereocenters. The number of carbonyl (C=O) groups is 1. The number of carbonyl (C=O) groups excluding carboxylic acids is 1. The van der Waals surface area contributed by atoms with Gasteiger partial charge in [-0.1, -0.05) is 12.1 Å². The minimum Gasteiger partial charge on any atom is -0.345 e. The molecule has 0 unspecified atom stereocenters. The molecule has 26 heavy (non-hydrogen) atoms. The molecule has 1 aliphatic heterocycles. The van der Waals surface area contributed by atoms with Gasteiger partial charge in [-0.25, -0.2) is 13.4 Å². The van der Waals surface area contributed by atoms with Crippen LogP contribution in [0.1, 0.15) is 12.8 Å². The summed E-state index contributed by atoms with van der Waals surface area (Å²) in [6.07, 6.45) is 5.05. The molecule has 3 N–H and O–H groups in total. The van der Waals surface area contributed by atoms with Crippen LogP contribution in [0.3, 0.4) is 0 Å². The standard InChI is InChI=1S/C16H20N4O3S.2ClH/c1-24(22,23)16(5-7-17-8-6-16)15(21)20-13-4-2-3-12(11-13)14-18-9-10-19-14;;/h2-4,9-11,17H,5-8H2,1H3,(H,18,19)(H,20,21);2*1H. The minimum absolute atomic E-state index is 0. The van der Waals surface area contributed by atoms with Crippen LogP contribution in [-0.4, -0.2) is 48.4 Å². The van der Waals surface area contributed by atoms with Gasteiger partial charge in [0.2, 0.25) is 5.91 Å². The van der Waals surface area contributed by atoms with E-state index < -0.39 is 20.5 Å². The van der Waals surface area contributed by atoms with E-state index in [1.165, 1.54) is 0 Å². The molecule has 0 spiro atoms. The average Bonchev–Trinajstić information content (AvgIpc) is 3.09. The third kappa shape index (κ3) is 4.37. The maximum atomic E-state index is 12.8. The van der Waals surface area contributed by atoms with Gasteiger partial charge in [0.05, 0.1) is 0 Å². The number of H-pyrrole nitrogens is 1. The predicted molar refractivity (Wildman–Crippen MR) is 107 cm³/mol. The van der Waals surface area contributed by atoms with Gasteiger partial charge in [0, 0.05) is 29.9 Å². The lowest BCUT2D eigenvalue weighted by molar-refractivity contribution is -0.119. The molecule has 144 valence electrons. The van der Waals surface area contributed by atoms with E-state index in [0.717, 1.165) is 11.8 Å². The van der Waals surface area contributed by atoms with Crippen molar-refractivity contribution in [3.8, 4) is 11.4 Å². The van der Waals surface area contributed by atoms with Crippen LogP contribution < -0.4 is 10.6 Å². The minimum atomic E-state index is -3.53. The first kappa shape index (κ1) is 22.4. The average molecular weight is 421 g/mol. The number of nitrogens with one attached hydrogen (secondary N) is 3. The molecule has 1 amide bonds. The first-order valence-electron chi connectivity index (χ1n) is 7.74. The molecule has 0 radical (unpaired) electrons. The molecule has 3 rings (SSSR count). The lowest BCUT2D eigenvalue weighted by Gasteiger charge is -2.34. The maximum Gasteiger partial charge on any atom is 0.245 e. The number of hydrogen-bond acceptors (Lipinski definition) is 5. The molecule has 2 heterocycles. The number of piperidine rings is 1. The highest BCUT2D eigenvalue weighted by Crippen LogP contribution is 2.30. The number of amides is 1. The molecule has 0 bridgehead atoms. The molecule has 7 nitrogen and oxygen atoms in total. The van der Waals surface area contributed by atoms with Gasteiger partial charge in [-0.05, 0) is 38.1 Å². The van der Waals surface area contributed by atoms with E-state index in [-0.39, 0.29) is 37.7 Å². The monoisotopic (exact) mass is 420 g/mol. The lowest BCUT2D eigenvalue weighted by atomic mass is 9.95. The Labute approximate surface area is 165 Å². The lowest BCUT2D eigenvalue weighted by Crippen LogP contribution is -2.55. The van der Waals surface area contributed by atoms with Crippen molar-refractivity contribution in [2.45, 2.75) is 17.6 Å². The van der Waals surface area contributed by atoms with Crippen molar-refractivity contribution in [3.63, 3.8) is 0 Å². The van der Waals surface area contributed by atoms with Crippen molar-refractivity contribution in [2.24, 2.45) is 0 Å². The van der Waals surface area contributed by atoms with Crippen molar-refractivity contribution in [2.75, 3.05) is 24.7 Å². The Balaban J connectivity index is 0.00000169. The van der Waals surface area contributed by atoms with Crippen LogP contribution in [0.5, 0.6) is 0 Å². The number of rotatable bonds is 4. The normalized spacial score (nSPS) is 16.0. The fraction of sp³-hybridized carbons (Fsp3) is 0.375. The number of benzene rings is 1. The zero-order valence-corrected chi connectivity index (χ0v) is 16.6. The van der Waals surface area contributed by atoms with Crippen molar-refractivity contribution in [1.29, 1.82) is 0 Å². The third-order valence-electron chi connectivity index (χ3n) is 4.43. The van der Waals surface area contributed by atoms with Crippen molar-refractivity contribution in [3.05, 3.63) is 36.7 Å². The molecule has 1 saturated heterocycles. The number of imidazole rings is 1. The quantitative estimate of drug-likeness (QED) is 0.701. The summed E-state index contributed by atoms with van der Waals surface area (Å²) in [7, 11) is -3.53. The van der Waals surface area contributed by atoms with Crippen LogP contribution in [-0.2, 0) is 14.6 Å². The Morgan fingerprint density at radius 3 is 2.50 bits per heavy atom. The van der Waals surface area contributed by atoms with E-state index in [1.807, 2.05) is 6.07 Å². The van der Waals surface area contributed by atoms with Gasteiger partial charge < -0.3 is 15.6 Å². The van der Waals surface area contributed by atoms with E-state index in [4.69, 9.17) is 0 Å². The number of aromatic amines is 1. The smallest absolute Gasteiger partial charge is 0.245 e. The summed E-state index contributed by atoms with van der Waals surface area (Å²) >= 11 is 0. The second-order valence-electron chi connectivity index (χ2n) is 5.99. The van der Waals surface area contributed by atoms with Gasteiger partial charge in [0.15, 0.2) is 14.6 Å². The maximum absolute atomic E-state index is 12.8. The Hall–Kier alpha value is -1.61. The first-order chi connectivity index (χ1) is 11.4. The number of hydrogen-bond donors (Lipinski definition) is 3. The van der Waals surface area contributed by atoms with E-state index in [0.29, 0.717) is 24.6 Å². The van der Waals surface area contributed by atoms with Gasteiger partial charge in [-0.2, -0.15) is 0 Å². The number of nitrogens with zero attached hydrogens (tertiary/aromatic N) is 1. The molecule has 1 fully saturated rings. The Bertz CT molecular complexity index is 835. The van der Waals surface area contributed by atoms with Crippen molar-refractivity contribution in [1.82, 2.24) is 15.3 Å². The summed E-state index contributed by atoms with van der Waals surface area (Å²) in [6.45, 7) is 1.01. The van der Waals surface area contributed by atoms with Crippen LogP contribution in [0.4, 0.5) is 5.69 Å². The number of sulfone groups is 1. The zero-order valence-electron chi connectivity index (χ0n) is 14.2. The summed E-state index contributed by atoms with van der Waals surface area (Å²) in [5.74, 6) is 0.217. The van der Waals surface area contributed by atoms with Gasteiger partial charge in [-0.3, -0.25) is 4.79 Å². The molecule has 1 aromatic heterocycles. The summed E-state index contributed by atoms with van der Waals surface area (Å²) < 4.78 is 23.2. The Morgan fingerprint density at radius 1 is 1.23 bits per heavy atom. The Morgan fingerprint density at radius 2 is 1.92 bits per heavy atom. The molecule has 2 aromatic rings. The number of halogens is 2. The highest BCUT2D eigenvalue weighted by Gasteiger charge is 2.48. The van der Waals surface area contributed by atoms with E-state index in [1.54, 1.807) is 30.6 Å². The molecule has 1 aromatic carbocycles. The second-order valence-corrected chi connectivity index (χ2v) is 8.31. The number of anilines is 1. The van der Waals surface area contributed by atoms with E-state index in [2.05, 4.69) is 20.6 Å². The fourth-order valence-electron chi connectivity index (χ4n) is 3.01. The molecule has 1 aliphatic rings. The number of aromatic nitrogens is 2. The van der Waals surface area contributed by atoms with Crippen LogP contribution >= 0.6 is 24.8 Å². The van der Waals surface area contributed by atoms with Gasteiger partial charge in [-0.15, -0.1) is 24.8 Å². The largest absolute Gasteiger partial charge is 0.345 e. The van der Waals surface area contributed by atoms with Crippen molar-refractivity contribution >= 4 is 46.2 Å².